The molecule has 1 aliphatic rings. The van der Waals surface area contributed by atoms with Gasteiger partial charge in [0.2, 0.25) is 6.29 Å². The zero-order chi connectivity index (χ0) is 34.0. The topological polar surface area (TPSA) is 198 Å². The van der Waals surface area contributed by atoms with Crippen LogP contribution in [0, 0.1) is 6.92 Å². The minimum Gasteiger partial charge on any atom is -0.505 e. The molecule has 248 valence electrons. The standard InChI is InChI=1S/C33H34N2O12/c1-16-22(44-31-25(37)27(46-32(34)40)28(42-5)33(2,3)47-31)13-12-21-24(36)23(30(39)45-26(16)21)35-29(38)17-8-6-10-19(14-17)43-20-11-7-9-18(15-20)41-4/h6-15,25,27-28,31,36-37H,1-5H3,(H2,34,40)(H,35,38)/t25-,27+,28-,31-/m1/s1. The Bertz CT molecular complexity index is 1870. The molecule has 47 heavy (non-hydrogen) atoms. The van der Waals surface area contributed by atoms with E-state index in [1.165, 1.54) is 38.5 Å². The number of benzene rings is 3. The van der Waals surface area contributed by atoms with E-state index in [1.807, 2.05) is 0 Å². The first-order valence-corrected chi connectivity index (χ1v) is 14.4. The van der Waals surface area contributed by atoms with Crippen LogP contribution in [0.5, 0.6) is 28.7 Å². The van der Waals surface area contributed by atoms with E-state index in [0.29, 0.717) is 17.2 Å². The summed E-state index contributed by atoms with van der Waals surface area (Å²) in [5.74, 6) is 0.322. The van der Waals surface area contributed by atoms with Gasteiger partial charge in [-0.3, -0.25) is 4.79 Å². The summed E-state index contributed by atoms with van der Waals surface area (Å²) in [5.41, 5.74) is 2.99. The summed E-state index contributed by atoms with van der Waals surface area (Å²) in [7, 11) is 2.90. The third-order valence-corrected chi connectivity index (χ3v) is 7.63. The van der Waals surface area contributed by atoms with Gasteiger partial charge in [0.1, 0.15) is 34.7 Å². The fourth-order valence-electron chi connectivity index (χ4n) is 5.36. The van der Waals surface area contributed by atoms with Crippen molar-refractivity contribution in [2.24, 2.45) is 5.73 Å². The van der Waals surface area contributed by atoms with Crippen LogP contribution in [0.1, 0.15) is 29.8 Å². The maximum Gasteiger partial charge on any atom is 0.404 e. The molecule has 2 heterocycles. The van der Waals surface area contributed by atoms with Crippen molar-refractivity contribution >= 4 is 28.7 Å². The van der Waals surface area contributed by atoms with E-state index in [0.717, 1.165) is 0 Å². The lowest BCUT2D eigenvalue weighted by atomic mass is 9.89. The number of rotatable bonds is 9. The first-order chi connectivity index (χ1) is 22.3. The lowest BCUT2D eigenvalue weighted by Crippen LogP contribution is -2.65. The molecular weight excluding hydrogens is 616 g/mol. The number of anilines is 1. The highest BCUT2D eigenvalue weighted by molar-refractivity contribution is 6.06. The Morgan fingerprint density at radius 3 is 2.36 bits per heavy atom. The molecule has 0 bridgehead atoms. The number of nitrogens with two attached hydrogens (primary N) is 1. The van der Waals surface area contributed by atoms with Crippen molar-refractivity contribution in [3.63, 3.8) is 0 Å². The van der Waals surface area contributed by atoms with E-state index in [9.17, 15) is 24.6 Å². The minimum atomic E-state index is -1.52. The van der Waals surface area contributed by atoms with Gasteiger partial charge >= 0.3 is 11.7 Å². The van der Waals surface area contributed by atoms with Crippen molar-refractivity contribution in [1.29, 1.82) is 0 Å². The highest BCUT2D eigenvalue weighted by Gasteiger charge is 2.53. The molecule has 3 aromatic carbocycles. The Kier molecular flexibility index (Phi) is 9.28. The van der Waals surface area contributed by atoms with Crippen molar-refractivity contribution in [2.45, 2.75) is 51.0 Å². The predicted molar refractivity (Wildman–Crippen MR) is 167 cm³/mol. The number of aliphatic hydroxyl groups excluding tert-OH is 1. The van der Waals surface area contributed by atoms with E-state index in [2.05, 4.69) is 5.32 Å². The normalized spacial score (nSPS) is 20.3. The Morgan fingerprint density at radius 2 is 1.68 bits per heavy atom. The maximum absolute atomic E-state index is 13.1. The molecule has 5 N–H and O–H groups in total. The molecule has 0 radical (unpaired) electrons. The van der Waals surface area contributed by atoms with Crippen LogP contribution >= 0.6 is 0 Å². The van der Waals surface area contributed by atoms with Crippen LogP contribution in [-0.4, -0.2) is 66.6 Å². The summed E-state index contributed by atoms with van der Waals surface area (Å²) >= 11 is 0. The number of ether oxygens (including phenoxy) is 6. The second kappa shape index (κ2) is 13.2. The molecule has 14 heteroatoms. The number of amides is 2. The molecular formula is C33H34N2O12. The Balaban J connectivity index is 1.38. The number of methoxy groups -OCH3 is 2. The Labute approximate surface area is 268 Å². The smallest absolute Gasteiger partial charge is 0.404 e. The lowest BCUT2D eigenvalue weighted by molar-refractivity contribution is -0.304. The van der Waals surface area contributed by atoms with Crippen LogP contribution in [0.4, 0.5) is 10.5 Å². The fourth-order valence-corrected chi connectivity index (χ4v) is 5.36. The first-order valence-electron chi connectivity index (χ1n) is 14.4. The average molecular weight is 651 g/mol. The average Bonchev–Trinajstić information content (AvgIpc) is 3.03. The molecule has 1 aromatic heterocycles. The van der Waals surface area contributed by atoms with Crippen molar-refractivity contribution in [3.8, 4) is 28.7 Å². The van der Waals surface area contributed by atoms with Gasteiger partial charge in [-0.2, -0.15) is 0 Å². The molecule has 1 fully saturated rings. The second-order valence-electron chi connectivity index (χ2n) is 11.2. The molecule has 0 unspecified atom stereocenters. The van der Waals surface area contributed by atoms with Crippen LogP contribution < -0.4 is 30.9 Å². The molecule has 0 spiro atoms. The molecule has 1 aliphatic heterocycles. The number of aromatic hydroxyl groups is 1. The maximum atomic E-state index is 13.1. The van der Waals surface area contributed by atoms with Gasteiger partial charge in [-0.25, -0.2) is 9.59 Å². The predicted octanol–water partition coefficient (Wildman–Crippen LogP) is 4.21. The number of hydrogen-bond acceptors (Lipinski definition) is 12. The summed E-state index contributed by atoms with van der Waals surface area (Å²) < 4.78 is 39.0. The Morgan fingerprint density at radius 1 is 1.00 bits per heavy atom. The highest BCUT2D eigenvalue weighted by atomic mass is 16.7. The van der Waals surface area contributed by atoms with Crippen molar-refractivity contribution in [3.05, 3.63) is 82.2 Å². The number of nitrogens with one attached hydrogen (secondary N) is 1. The zero-order valence-electron chi connectivity index (χ0n) is 26.1. The van der Waals surface area contributed by atoms with E-state index >= 15 is 0 Å². The summed E-state index contributed by atoms with van der Waals surface area (Å²) in [4.78, 5) is 37.7. The molecule has 4 aromatic rings. The van der Waals surface area contributed by atoms with Crippen molar-refractivity contribution < 1.29 is 52.6 Å². The van der Waals surface area contributed by atoms with Crippen molar-refractivity contribution in [2.75, 3.05) is 19.5 Å². The molecule has 0 saturated carbocycles. The van der Waals surface area contributed by atoms with Crippen LogP contribution in [0.3, 0.4) is 0 Å². The van der Waals surface area contributed by atoms with E-state index in [1.54, 1.807) is 57.2 Å². The number of hydrogen-bond donors (Lipinski definition) is 4. The van der Waals surface area contributed by atoms with Gasteiger partial charge < -0.3 is 54.1 Å². The van der Waals surface area contributed by atoms with Gasteiger partial charge in [-0.15, -0.1) is 0 Å². The molecule has 1 saturated heterocycles. The summed E-state index contributed by atoms with van der Waals surface area (Å²) in [5, 5.41) is 24.5. The van der Waals surface area contributed by atoms with Crippen LogP contribution in [-0.2, 0) is 14.2 Å². The number of fused-ring (bicyclic) bond motifs is 1. The number of aryl methyl sites for hydroxylation is 1. The zero-order valence-corrected chi connectivity index (χ0v) is 26.1. The van der Waals surface area contributed by atoms with E-state index in [-0.39, 0.29) is 27.8 Å². The van der Waals surface area contributed by atoms with Gasteiger partial charge in [-0.05, 0) is 63.2 Å². The minimum absolute atomic E-state index is 0.0408. The quantitative estimate of drug-likeness (QED) is 0.189. The van der Waals surface area contributed by atoms with Gasteiger partial charge in [-0.1, -0.05) is 12.1 Å². The monoisotopic (exact) mass is 650 g/mol. The van der Waals surface area contributed by atoms with Gasteiger partial charge in [0.25, 0.3) is 5.91 Å². The van der Waals surface area contributed by atoms with Gasteiger partial charge in [0.05, 0.1) is 18.1 Å². The largest absolute Gasteiger partial charge is 0.505 e. The highest BCUT2D eigenvalue weighted by Crippen LogP contribution is 2.38. The second-order valence-corrected chi connectivity index (χ2v) is 11.2. The lowest BCUT2D eigenvalue weighted by Gasteiger charge is -2.47. The SMILES string of the molecule is COc1cccc(Oc2cccc(C(=O)Nc3c(O)c4ccc(O[C@@H]5OC(C)(C)[C@H](OC)[C@@H](OC(N)=O)[C@H]5O)c(C)c4oc3=O)c2)c1. The van der Waals surface area contributed by atoms with Crippen LogP contribution in [0.15, 0.2) is 69.9 Å². The summed E-state index contributed by atoms with van der Waals surface area (Å²) in [6.07, 6.45) is -6.11. The molecule has 5 rings (SSSR count). The van der Waals surface area contributed by atoms with Gasteiger partial charge in [0.15, 0.2) is 23.6 Å². The van der Waals surface area contributed by atoms with Crippen LogP contribution in [0.25, 0.3) is 11.0 Å². The molecule has 14 nitrogen and oxygen atoms in total. The number of carbonyl (C=O) groups excluding carboxylic acids is 2. The van der Waals surface area contributed by atoms with Crippen molar-refractivity contribution in [1.82, 2.24) is 0 Å². The van der Waals surface area contributed by atoms with Gasteiger partial charge in [0, 0.05) is 24.3 Å². The first kappa shape index (κ1) is 33.1. The number of aliphatic hydroxyl groups is 1. The fraction of sp³-hybridized carbons (Fsp3) is 0.303. The summed E-state index contributed by atoms with van der Waals surface area (Å²) in [6.45, 7) is 4.87. The third kappa shape index (κ3) is 6.79. The van der Waals surface area contributed by atoms with Crippen LogP contribution in [0.2, 0.25) is 0 Å². The van der Waals surface area contributed by atoms with E-state index in [4.69, 9.17) is 38.6 Å². The summed E-state index contributed by atoms with van der Waals surface area (Å²) in [6, 6.07) is 16.0. The Hall–Kier alpha value is -5.31. The number of carbonyl (C=O) groups is 2. The molecule has 0 aliphatic carbocycles. The molecule has 2 amide bonds. The third-order valence-electron chi connectivity index (χ3n) is 7.63. The van der Waals surface area contributed by atoms with E-state index < -0.39 is 59.3 Å². The number of primary amides is 1. The molecule has 4 atom stereocenters.